The largest absolute Gasteiger partial charge is 0.385 e. The molecule has 0 aliphatic carbocycles. The third-order valence-electron chi connectivity index (χ3n) is 4.43. The Kier molecular flexibility index (Phi) is 4.84. The first-order valence-corrected chi connectivity index (χ1v) is 10.5. The number of aliphatic imine (C=N–C) groups is 1. The van der Waals surface area contributed by atoms with Gasteiger partial charge in [-0.1, -0.05) is 17.7 Å². The van der Waals surface area contributed by atoms with Crippen molar-refractivity contribution in [2.24, 2.45) is 12.0 Å². The molecule has 0 atom stereocenters. The predicted octanol–water partition coefficient (Wildman–Crippen LogP) is 4.19. The van der Waals surface area contributed by atoms with Crippen LogP contribution in [0.4, 0.5) is 5.13 Å². The highest BCUT2D eigenvalue weighted by Gasteiger charge is 2.39. The molecule has 8 heteroatoms. The van der Waals surface area contributed by atoms with Crippen molar-refractivity contribution >= 4 is 61.1 Å². The van der Waals surface area contributed by atoms with Crippen LogP contribution in [0.3, 0.4) is 0 Å². The standard InChI is InChI=1S/C19H18ClN4OS2/c1-4-24-17(25)16(14-7-5-6-10-22(14)2)27-19(24)21-18-23(3)13-9-8-12(20)11-15(13)26-18/h5-11H,4H2,1-3H3/q+1/b16-14-. The van der Waals surface area contributed by atoms with E-state index in [1.165, 1.54) is 11.8 Å². The summed E-state index contributed by atoms with van der Waals surface area (Å²) in [6, 6.07) is 5.81. The van der Waals surface area contributed by atoms with Crippen LogP contribution in [-0.2, 0) is 11.8 Å². The van der Waals surface area contributed by atoms with Crippen LogP contribution in [0, 0.1) is 0 Å². The van der Waals surface area contributed by atoms with E-state index < -0.39 is 0 Å². The summed E-state index contributed by atoms with van der Waals surface area (Å²) in [6.07, 6.45) is 7.79. The zero-order valence-electron chi connectivity index (χ0n) is 15.1. The summed E-state index contributed by atoms with van der Waals surface area (Å²) in [5.74, 6) is -0.00476. The zero-order chi connectivity index (χ0) is 19.1. The Morgan fingerprint density at radius 2 is 2.11 bits per heavy atom. The van der Waals surface area contributed by atoms with Gasteiger partial charge in [0.1, 0.15) is 10.4 Å². The lowest BCUT2D eigenvalue weighted by atomic mass is 10.2. The molecule has 138 valence electrons. The van der Waals surface area contributed by atoms with Crippen molar-refractivity contribution in [2.45, 2.75) is 6.92 Å². The van der Waals surface area contributed by atoms with Gasteiger partial charge >= 0.3 is 5.13 Å². The number of fused-ring (bicyclic) bond motifs is 1. The molecular weight excluding hydrogens is 400 g/mol. The van der Waals surface area contributed by atoms with Gasteiger partial charge in [-0.05, 0) is 65.4 Å². The van der Waals surface area contributed by atoms with Crippen molar-refractivity contribution < 1.29 is 9.36 Å². The number of benzene rings is 1. The number of hydrogen-bond acceptors (Lipinski definition) is 5. The number of hydrogen-bond donors (Lipinski definition) is 0. The summed E-state index contributed by atoms with van der Waals surface area (Å²) in [7, 11) is 3.92. The fourth-order valence-corrected chi connectivity index (χ4v) is 5.48. The van der Waals surface area contributed by atoms with E-state index in [1.807, 2.05) is 73.1 Å². The fourth-order valence-electron chi connectivity index (χ4n) is 2.98. The summed E-state index contributed by atoms with van der Waals surface area (Å²) in [6.45, 7) is 2.54. The molecule has 0 spiro atoms. The highest BCUT2D eigenvalue weighted by Crippen LogP contribution is 2.37. The maximum atomic E-state index is 12.9. The Labute approximate surface area is 170 Å². The van der Waals surface area contributed by atoms with E-state index in [-0.39, 0.29) is 5.91 Å². The lowest BCUT2D eigenvalue weighted by Crippen LogP contribution is -2.31. The lowest BCUT2D eigenvalue weighted by Gasteiger charge is -2.19. The molecule has 4 rings (SSSR count). The van der Waals surface area contributed by atoms with Gasteiger partial charge in [-0.3, -0.25) is 9.69 Å². The molecule has 3 heterocycles. The molecule has 0 unspecified atom stereocenters. The van der Waals surface area contributed by atoms with Gasteiger partial charge < -0.3 is 4.90 Å². The molecule has 27 heavy (non-hydrogen) atoms. The molecule has 0 radical (unpaired) electrons. The summed E-state index contributed by atoms with van der Waals surface area (Å²) in [5, 5.41) is 2.24. The summed E-state index contributed by atoms with van der Waals surface area (Å²) < 4.78 is 3.10. The Hall–Kier alpha value is -2.09. The first kappa shape index (κ1) is 18.3. The van der Waals surface area contributed by atoms with Crippen LogP contribution in [0.1, 0.15) is 6.92 Å². The molecule has 5 nitrogen and oxygen atoms in total. The Bertz CT molecular complexity index is 1070. The number of nitrogens with zero attached hydrogens (tertiary/aromatic N) is 4. The average molecular weight is 418 g/mol. The normalized spacial score (nSPS) is 21.3. The number of carbonyl (C=O) groups excluding carboxylic acids is 1. The number of allylic oxidation sites excluding steroid dienone is 3. The summed E-state index contributed by atoms with van der Waals surface area (Å²) in [5.41, 5.74) is 1.96. The molecule has 1 amide bonds. The average Bonchev–Trinajstić information content (AvgIpc) is 3.12. The number of halogens is 1. The minimum absolute atomic E-state index is 0.00476. The SMILES string of the molecule is CCN1C(=O)/C(=C2\C=CC=CN2C)SC1=Nc1sc2cc(Cl)ccc2[n+]1C. The van der Waals surface area contributed by atoms with Crippen molar-refractivity contribution in [3.8, 4) is 0 Å². The van der Waals surface area contributed by atoms with Gasteiger partial charge in [0.25, 0.3) is 11.1 Å². The van der Waals surface area contributed by atoms with Gasteiger partial charge in [0.05, 0.1) is 17.4 Å². The number of amides is 1. The minimum atomic E-state index is -0.00476. The second-order valence-electron chi connectivity index (χ2n) is 6.13. The van der Waals surface area contributed by atoms with Gasteiger partial charge in [-0.15, -0.1) is 0 Å². The first-order chi connectivity index (χ1) is 13.0. The number of aromatic nitrogens is 1. The highest BCUT2D eigenvalue weighted by atomic mass is 35.5. The third-order valence-corrected chi connectivity index (χ3v) is 6.84. The van der Waals surface area contributed by atoms with Gasteiger partial charge in [-0.25, -0.2) is 4.57 Å². The molecular formula is C19H18ClN4OS2+. The van der Waals surface area contributed by atoms with Crippen LogP contribution in [0.5, 0.6) is 0 Å². The maximum absolute atomic E-state index is 12.9. The van der Waals surface area contributed by atoms with E-state index >= 15 is 0 Å². The molecule has 2 aliphatic rings. The summed E-state index contributed by atoms with van der Waals surface area (Å²) in [4.78, 5) is 22.2. The van der Waals surface area contributed by atoms with E-state index in [0.29, 0.717) is 21.6 Å². The Balaban J connectivity index is 1.78. The van der Waals surface area contributed by atoms with Crippen molar-refractivity contribution in [1.29, 1.82) is 0 Å². The van der Waals surface area contributed by atoms with E-state index in [1.54, 1.807) is 16.2 Å². The van der Waals surface area contributed by atoms with E-state index in [4.69, 9.17) is 16.6 Å². The number of rotatable bonds is 2. The van der Waals surface area contributed by atoms with Gasteiger partial charge in [0, 0.05) is 24.8 Å². The van der Waals surface area contributed by atoms with Crippen LogP contribution >= 0.6 is 34.7 Å². The zero-order valence-corrected chi connectivity index (χ0v) is 17.5. The number of amidine groups is 1. The number of aryl methyl sites for hydroxylation is 1. The lowest BCUT2D eigenvalue weighted by molar-refractivity contribution is -0.627. The molecule has 0 bridgehead atoms. The molecule has 1 aromatic carbocycles. The molecule has 0 saturated carbocycles. The molecule has 1 aromatic heterocycles. The Morgan fingerprint density at radius 1 is 1.30 bits per heavy atom. The van der Waals surface area contributed by atoms with Crippen LogP contribution in [0.25, 0.3) is 10.2 Å². The third kappa shape index (κ3) is 3.20. The number of carbonyl (C=O) groups is 1. The second kappa shape index (κ2) is 7.14. The second-order valence-corrected chi connectivity index (χ2v) is 8.55. The van der Waals surface area contributed by atoms with Gasteiger partial charge in [-0.2, -0.15) is 0 Å². The number of thiazole rings is 1. The van der Waals surface area contributed by atoms with Gasteiger partial charge in [0.2, 0.25) is 0 Å². The smallest absolute Gasteiger partial charge is 0.350 e. The molecule has 1 saturated heterocycles. The van der Waals surface area contributed by atoms with E-state index in [9.17, 15) is 4.79 Å². The molecule has 2 aliphatic heterocycles. The topological polar surface area (TPSA) is 39.8 Å². The van der Waals surface area contributed by atoms with Crippen molar-refractivity contribution in [3.05, 3.63) is 58.3 Å². The fraction of sp³-hybridized carbons (Fsp3) is 0.211. The van der Waals surface area contributed by atoms with E-state index in [0.717, 1.165) is 21.0 Å². The number of thioether (sulfide) groups is 1. The molecule has 2 aromatic rings. The molecule has 1 fully saturated rings. The van der Waals surface area contributed by atoms with E-state index in [2.05, 4.69) is 0 Å². The quantitative estimate of drug-likeness (QED) is 0.543. The molecule has 0 N–H and O–H groups in total. The van der Waals surface area contributed by atoms with Crippen LogP contribution in [0.15, 0.2) is 58.2 Å². The van der Waals surface area contributed by atoms with Crippen molar-refractivity contribution in [1.82, 2.24) is 9.80 Å². The van der Waals surface area contributed by atoms with Crippen LogP contribution in [0.2, 0.25) is 5.02 Å². The van der Waals surface area contributed by atoms with Crippen molar-refractivity contribution in [2.75, 3.05) is 13.6 Å². The minimum Gasteiger partial charge on any atom is -0.350 e. The predicted molar refractivity (Wildman–Crippen MR) is 113 cm³/mol. The van der Waals surface area contributed by atoms with Crippen molar-refractivity contribution in [3.63, 3.8) is 0 Å². The van der Waals surface area contributed by atoms with Crippen LogP contribution < -0.4 is 4.57 Å². The Morgan fingerprint density at radius 3 is 2.85 bits per heavy atom. The first-order valence-electron chi connectivity index (χ1n) is 8.48. The summed E-state index contributed by atoms with van der Waals surface area (Å²) >= 11 is 9.10. The maximum Gasteiger partial charge on any atom is 0.385 e. The van der Waals surface area contributed by atoms with Gasteiger partial charge in [0.15, 0.2) is 0 Å². The monoisotopic (exact) mass is 417 g/mol. The van der Waals surface area contributed by atoms with Crippen LogP contribution in [-0.4, -0.2) is 34.5 Å². The highest BCUT2D eigenvalue weighted by molar-refractivity contribution is 8.18. The number of likely N-dealkylation sites (N-methyl/N-ethyl adjacent to an activating group) is 2.